The van der Waals surface area contributed by atoms with Crippen LogP contribution >= 0.6 is 11.6 Å². The molecular formula is C20H26ClN3O3. The zero-order valence-electron chi connectivity index (χ0n) is 15.9. The molecule has 0 radical (unpaired) electrons. The molecule has 1 aliphatic carbocycles. The molecule has 3 rings (SSSR count). The number of H-pyrrole nitrogens is 1. The van der Waals surface area contributed by atoms with Crippen molar-refractivity contribution in [3.05, 3.63) is 35.0 Å². The Labute approximate surface area is 164 Å². The van der Waals surface area contributed by atoms with Crippen LogP contribution in [0.5, 0.6) is 0 Å². The highest BCUT2D eigenvalue weighted by Gasteiger charge is 2.30. The summed E-state index contributed by atoms with van der Waals surface area (Å²) in [6.45, 7) is 5.48. The first kappa shape index (κ1) is 19.5. The van der Waals surface area contributed by atoms with E-state index in [1.165, 1.54) is 0 Å². The summed E-state index contributed by atoms with van der Waals surface area (Å²) in [5, 5.41) is 7.48. The number of aromatic amines is 1. The Morgan fingerprint density at radius 3 is 2.44 bits per heavy atom. The maximum atomic E-state index is 12.7. The van der Waals surface area contributed by atoms with E-state index in [1.54, 1.807) is 12.1 Å². The number of alkyl carbamates (subject to hydrolysis) is 1. The van der Waals surface area contributed by atoms with Crippen LogP contribution in [0.15, 0.2) is 24.3 Å². The SMILES string of the molecule is CC(C)(C)OC(=O)N[C@@H]1CCCC[C@H]1NC(=O)c1cc2cc(Cl)ccc2[nH]1. The maximum Gasteiger partial charge on any atom is 0.407 e. The Morgan fingerprint density at radius 2 is 1.78 bits per heavy atom. The van der Waals surface area contributed by atoms with Crippen molar-refractivity contribution in [3.8, 4) is 0 Å². The van der Waals surface area contributed by atoms with E-state index >= 15 is 0 Å². The molecule has 0 saturated heterocycles. The molecule has 7 heteroatoms. The maximum absolute atomic E-state index is 12.7. The molecule has 6 nitrogen and oxygen atoms in total. The lowest BCUT2D eigenvalue weighted by Gasteiger charge is -2.33. The molecule has 0 bridgehead atoms. The number of halogens is 1. The van der Waals surface area contributed by atoms with E-state index in [1.807, 2.05) is 32.9 Å². The third kappa shape index (κ3) is 5.16. The molecule has 2 amide bonds. The van der Waals surface area contributed by atoms with Gasteiger partial charge in [-0.3, -0.25) is 4.79 Å². The number of ether oxygens (including phenoxy) is 1. The summed E-state index contributed by atoms with van der Waals surface area (Å²) in [5.74, 6) is -0.190. The number of fused-ring (bicyclic) bond motifs is 1. The van der Waals surface area contributed by atoms with Crippen LogP contribution in [-0.2, 0) is 4.74 Å². The van der Waals surface area contributed by atoms with Crippen LogP contribution < -0.4 is 10.6 Å². The number of hydrogen-bond donors (Lipinski definition) is 3. The lowest BCUT2D eigenvalue weighted by atomic mass is 9.90. The standard InChI is InChI=1S/C20H26ClN3O3/c1-20(2,3)27-19(26)24-16-7-5-4-6-15(16)23-18(25)17-11-12-10-13(21)8-9-14(12)22-17/h8-11,15-16,22H,4-7H2,1-3H3,(H,23,25)(H,24,26)/t15-,16-/m1/s1. The average molecular weight is 392 g/mol. The van der Waals surface area contributed by atoms with Gasteiger partial charge in [-0.1, -0.05) is 24.4 Å². The fourth-order valence-corrected chi connectivity index (χ4v) is 3.59. The smallest absolute Gasteiger partial charge is 0.407 e. The van der Waals surface area contributed by atoms with E-state index in [-0.39, 0.29) is 18.0 Å². The average Bonchev–Trinajstić information content (AvgIpc) is 2.98. The Balaban J connectivity index is 1.67. The van der Waals surface area contributed by atoms with E-state index < -0.39 is 11.7 Å². The number of benzene rings is 1. The topological polar surface area (TPSA) is 83.2 Å². The van der Waals surface area contributed by atoms with Gasteiger partial charge in [0.25, 0.3) is 5.91 Å². The van der Waals surface area contributed by atoms with Gasteiger partial charge in [0, 0.05) is 22.0 Å². The van der Waals surface area contributed by atoms with Crippen molar-refractivity contribution in [3.63, 3.8) is 0 Å². The minimum atomic E-state index is -0.552. The summed E-state index contributed by atoms with van der Waals surface area (Å²) in [7, 11) is 0. The van der Waals surface area contributed by atoms with Crippen LogP contribution in [0.25, 0.3) is 10.9 Å². The van der Waals surface area contributed by atoms with Crippen LogP contribution in [0.1, 0.15) is 56.9 Å². The van der Waals surface area contributed by atoms with Crippen LogP contribution in [0.4, 0.5) is 4.79 Å². The van der Waals surface area contributed by atoms with Gasteiger partial charge in [-0.15, -0.1) is 0 Å². The molecule has 1 aromatic heterocycles. The monoisotopic (exact) mass is 391 g/mol. The number of amides is 2. The molecule has 0 unspecified atom stereocenters. The molecule has 27 heavy (non-hydrogen) atoms. The predicted molar refractivity (Wildman–Crippen MR) is 106 cm³/mol. The summed E-state index contributed by atoms with van der Waals surface area (Å²) in [6, 6.07) is 6.96. The van der Waals surface area contributed by atoms with Crippen molar-refractivity contribution in [2.75, 3.05) is 0 Å². The number of carbonyl (C=O) groups excluding carboxylic acids is 2. The van der Waals surface area contributed by atoms with Crippen molar-refractivity contribution in [2.24, 2.45) is 0 Å². The molecule has 3 N–H and O–H groups in total. The Hall–Kier alpha value is -2.21. The lowest BCUT2D eigenvalue weighted by Crippen LogP contribution is -2.54. The highest BCUT2D eigenvalue weighted by molar-refractivity contribution is 6.31. The Kier molecular flexibility index (Phi) is 5.65. The first-order valence-corrected chi connectivity index (χ1v) is 9.68. The quantitative estimate of drug-likeness (QED) is 0.725. The molecule has 0 aliphatic heterocycles. The summed E-state index contributed by atoms with van der Waals surface area (Å²) in [6.07, 6.45) is 3.20. The molecule has 146 valence electrons. The second kappa shape index (κ2) is 7.80. The van der Waals surface area contributed by atoms with Gasteiger partial charge in [0.15, 0.2) is 0 Å². The minimum Gasteiger partial charge on any atom is -0.444 e. The van der Waals surface area contributed by atoms with E-state index in [0.29, 0.717) is 10.7 Å². The van der Waals surface area contributed by atoms with Gasteiger partial charge in [0.2, 0.25) is 0 Å². The van der Waals surface area contributed by atoms with Crippen LogP contribution in [-0.4, -0.2) is 34.7 Å². The van der Waals surface area contributed by atoms with E-state index in [4.69, 9.17) is 16.3 Å². The number of nitrogens with one attached hydrogen (secondary N) is 3. The lowest BCUT2D eigenvalue weighted by molar-refractivity contribution is 0.0474. The molecule has 0 spiro atoms. The fourth-order valence-electron chi connectivity index (χ4n) is 3.41. The third-order valence-electron chi connectivity index (χ3n) is 4.61. The molecule has 2 atom stereocenters. The molecule has 1 aliphatic rings. The largest absolute Gasteiger partial charge is 0.444 e. The molecule has 1 fully saturated rings. The molecule has 1 heterocycles. The van der Waals surface area contributed by atoms with Gasteiger partial charge in [-0.05, 0) is 57.9 Å². The Bertz CT molecular complexity index is 841. The fraction of sp³-hybridized carbons (Fsp3) is 0.500. The first-order valence-electron chi connectivity index (χ1n) is 9.30. The predicted octanol–water partition coefficient (Wildman–Crippen LogP) is 4.39. The highest BCUT2D eigenvalue weighted by Crippen LogP contribution is 2.22. The first-order chi connectivity index (χ1) is 12.7. The van der Waals surface area contributed by atoms with E-state index in [2.05, 4.69) is 15.6 Å². The summed E-state index contributed by atoms with van der Waals surface area (Å²) >= 11 is 6.01. The van der Waals surface area contributed by atoms with Crippen LogP contribution in [0.2, 0.25) is 5.02 Å². The second-order valence-electron chi connectivity index (χ2n) is 8.03. The molecule has 1 saturated carbocycles. The van der Waals surface area contributed by atoms with Gasteiger partial charge >= 0.3 is 6.09 Å². The second-order valence-corrected chi connectivity index (χ2v) is 8.47. The van der Waals surface area contributed by atoms with Gasteiger partial charge in [0.05, 0.1) is 6.04 Å². The molecule has 2 aromatic rings. The van der Waals surface area contributed by atoms with Crippen molar-refractivity contribution in [1.29, 1.82) is 0 Å². The van der Waals surface area contributed by atoms with Crippen molar-refractivity contribution >= 4 is 34.5 Å². The molecular weight excluding hydrogens is 366 g/mol. The number of hydrogen-bond acceptors (Lipinski definition) is 3. The van der Waals surface area contributed by atoms with Gasteiger partial charge in [-0.2, -0.15) is 0 Å². The van der Waals surface area contributed by atoms with Crippen LogP contribution in [0.3, 0.4) is 0 Å². The summed E-state index contributed by atoms with van der Waals surface area (Å²) in [4.78, 5) is 27.9. The number of rotatable bonds is 3. The van der Waals surface area contributed by atoms with Crippen molar-refractivity contribution in [2.45, 2.75) is 64.1 Å². The zero-order valence-corrected chi connectivity index (χ0v) is 16.7. The Morgan fingerprint density at radius 1 is 1.11 bits per heavy atom. The van der Waals surface area contributed by atoms with Gasteiger partial charge in [0.1, 0.15) is 11.3 Å². The number of carbonyl (C=O) groups is 2. The van der Waals surface area contributed by atoms with Crippen LogP contribution in [0, 0.1) is 0 Å². The normalized spacial score (nSPS) is 20.3. The van der Waals surface area contributed by atoms with Crippen molar-refractivity contribution in [1.82, 2.24) is 15.6 Å². The third-order valence-corrected chi connectivity index (χ3v) is 4.85. The molecule has 1 aromatic carbocycles. The summed E-state index contributed by atoms with van der Waals surface area (Å²) in [5.41, 5.74) is 0.786. The number of aromatic nitrogens is 1. The van der Waals surface area contributed by atoms with Gasteiger partial charge < -0.3 is 20.4 Å². The minimum absolute atomic E-state index is 0.131. The van der Waals surface area contributed by atoms with E-state index in [0.717, 1.165) is 36.6 Å². The highest BCUT2D eigenvalue weighted by atomic mass is 35.5. The van der Waals surface area contributed by atoms with Gasteiger partial charge in [-0.25, -0.2) is 4.79 Å². The van der Waals surface area contributed by atoms with E-state index in [9.17, 15) is 9.59 Å². The zero-order chi connectivity index (χ0) is 19.6. The van der Waals surface area contributed by atoms with Crippen molar-refractivity contribution < 1.29 is 14.3 Å². The summed E-state index contributed by atoms with van der Waals surface area (Å²) < 4.78 is 5.35.